The average Bonchev–Trinajstić information content (AvgIpc) is 2.15. The van der Waals surface area contributed by atoms with E-state index in [2.05, 4.69) is 23.8 Å². The summed E-state index contributed by atoms with van der Waals surface area (Å²) in [6, 6.07) is 0.318. The third-order valence-electron chi connectivity index (χ3n) is 1.64. The van der Waals surface area contributed by atoms with Gasteiger partial charge in [-0.2, -0.15) is 0 Å². The molecule has 0 aliphatic carbocycles. The molecule has 0 amide bonds. The van der Waals surface area contributed by atoms with Crippen LogP contribution in [0.3, 0.4) is 0 Å². The van der Waals surface area contributed by atoms with Gasteiger partial charge in [0.1, 0.15) is 6.61 Å². The van der Waals surface area contributed by atoms with Crippen LogP contribution in [0.1, 0.15) is 25.3 Å². The van der Waals surface area contributed by atoms with Crippen LogP contribution < -0.4 is 4.74 Å². The highest BCUT2D eigenvalue weighted by Gasteiger charge is 2.01. The van der Waals surface area contributed by atoms with Gasteiger partial charge in [0.15, 0.2) is 0 Å². The Kier molecular flexibility index (Phi) is 3.64. The van der Waals surface area contributed by atoms with Crippen molar-refractivity contribution in [3.05, 3.63) is 18.0 Å². The van der Waals surface area contributed by atoms with E-state index in [1.54, 1.807) is 12.4 Å². The lowest BCUT2D eigenvalue weighted by Crippen LogP contribution is -2.05. The Morgan fingerprint density at radius 3 is 2.46 bits per heavy atom. The molecule has 1 heterocycles. The second kappa shape index (κ2) is 4.77. The zero-order valence-electron chi connectivity index (χ0n) is 7.90. The predicted molar refractivity (Wildman–Crippen MR) is 48.7 cm³/mol. The summed E-state index contributed by atoms with van der Waals surface area (Å²) in [5.41, 5.74) is 1.08. The van der Waals surface area contributed by atoms with Gasteiger partial charge in [-0.05, 0) is 11.5 Å². The van der Waals surface area contributed by atoms with Gasteiger partial charge >= 0.3 is 6.01 Å². The van der Waals surface area contributed by atoms with Crippen LogP contribution >= 0.6 is 0 Å². The number of hydrogen-bond donors (Lipinski definition) is 1. The predicted octanol–water partition coefficient (Wildman–Crippen LogP) is 0.971. The van der Waals surface area contributed by atoms with Crippen molar-refractivity contribution in [1.82, 2.24) is 9.97 Å². The number of nitrogens with zero attached hydrogens (tertiary/aromatic N) is 2. The van der Waals surface area contributed by atoms with Gasteiger partial charge < -0.3 is 9.84 Å². The molecule has 0 unspecified atom stereocenters. The molecule has 0 saturated heterocycles. The van der Waals surface area contributed by atoms with E-state index in [4.69, 9.17) is 9.84 Å². The number of rotatable bonds is 4. The third kappa shape index (κ3) is 2.99. The Balaban J connectivity index is 2.59. The van der Waals surface area contributed by atoms with Crippen molar-refractivity contribution in [3.8, 4) is 6.01 Å². The minimum Gasteiger partial charge on any atom is -0.461 e. The van der Waals surface area contributed by atoms with E-state index in [-0.39, 0.29) is 13.2 Å². The molecule has 4 heteroatoms. The molecule has 0 aliphatic heterocycles. The molecule has 0 atom stereocenters. The third-order valence-corrected chi connectivity index (χ3v) is 1.64. The van der Waals surface area contributed by atoms with E-state index in [9.17, 15) is 0 Å². The fourth-order valence-electron chi connectivity index (χ4n) is 0.836. The lowest BCUT2D eigenvalue weighted by atomic mass is 10.1. The van der Waals surface area contributed by atoms with Crippen LogP contribution in [0.15, 0.2) is 12.4 Å². The smallest absolute Gasteiger partial charge is 0.316 e. The summed E-state index contributed by atoms with van der Waals surface area (Å²) in [5, 5.41) is 8.49. The maximum Gasteiger partial charge on any atom is 0.316 e. The Hall–Kier alpha value is -1.16. The van der Waals surface area contributed by atoms with Crippen molar-refractivity contribution in [1.29, 1.82) is 0 Å². The Bertz CT molecular complexity index is 246. The first kappa shape index (κ1) is 9.92. The Labute approximate surface area is 77.6 Å². The van der Waals surface area contributed by atoms with E-state index in [1.807, 2.05) is 0 Å². The molecule has 0 spiro atoms. The molecule has 1 aromatic rings. The summed E-state index contributed by atoms with van der Waals surface area (Å²) < 4.78 is 5.02. The van der Waals surface area contributed by atoms with Gasteiger partial charge in [0, 0.05) is 12.4 Å². The van der Waals surface area contributed by atoms with Crippen LogP contribution in [-0.2, 0) is 0 Å². The fraction of sp³-hybridized carbons (Fsp3) is 0.556. The first-order valence-corrected chi connectivity index (χ1v) is 4.29. The lowest BCUT2D eigenvalue weighted by molar-refractivity contribution is 0.191. The van der Waals surface area contributed by atoms with Crippen LogP contribution in [0.25, 0.3) is 0 Å². The van der Waals surface area contributed by atoms with Gasteiger partial charge in [-0.1, -0.05) is 13.8 Å². The van der Waals surface area contributed by atoms with E-state index < -0.39 is 0 Å². The minimum absolute atomic E-state index is 0.0186. The summed E-state index contributed by atoms with van der Waals surface area (Å²) >= 11 is 0. The zero-order chi connectivity index (χ0) is 9.68. The second-order valence-electron chi connectivity index (χ2n) is 3.03. The van der Waals surface area contributed by atoms with Crippen LogP contribution in [0.2, 0.25) is 0 Å². The summed E-state index contributed by atoms with van der Waals surface area (Å²) in [6.07, 6.45) is 3.48. The van der Waals surface area contributed by atoms with Crippen molar-refractivity contribution in [2.75, 3.05) is 13.2 Å². The zero-order valence-corrected chi connectivity index (χ0v) is 7.90. The number of aliphatic hydroxyl groups excluding tert-OH is 1. The molecule has 4 nitrogen and oxygen atoms in total. The molecule has 1 N–H and O–H groups in total. The molecule has 0 radical (unpaired) electrons. The molecule has 0 fully saturated rings. The second-order valence-corrected chi connectivity index (χ2v) is 3.03. The van der Waals surface area contributed by atoms with E-state index in [0.29, 0.717) is 11.9 Å². The van der Waals surface area contributed by atoms with Gasteiger partial charge in [0.05, 0.1) is 6.61 Å². The fourth-order valence-corrected chi connectivity index (χ4v) is 0.836. The molecule has 0 bridgehead atoms. The number of aliphatic hydroxyl groups is 1. The summed E-state index contributed by atoms with van der Waals surface area (Å²) in [4.78, 5) is 7.99. The summed E-state index contributed by atoms with van der Waals surface area (Å²) in [7, 11) is 0. The van der Waals surface area contributed by atoms with Crippen LogP contribution in [-0.4, -0.2) is 28.3 Å². The quantitative estimate of drug-likeness (QED) is 0.753. The van der Waals surface area contributed by atoms with Gasteiger partial charge in [-0.15, -0.1) is 0 Å². The van der Waals surface area contributed by atoms with Crippen molar-refractivity contribution in [2.45, 2.75) is 19.8 Å². The monoisotopic (exact) mass is 182 g/mol. The highest BCUT2D eigenvalue weighted by Crippen LogP contribution is 2.12. The van der Waals surface area contributed by atoms with Gasteiger partial charge in [0.2, 0.25) is 0 Å². The van der Waals surface area contributed by atoms with Gasteiger partial charge in [-0.25, -0.2) is 9.97 Å². The average molecular weight is 182 g/mol. The first-order valence-electron chi connectivity index (χ1n) is 4.29. The summed E-state index contributed by atoms with van der Waals surface area (Å²) in [5.74, 6) is 0.423. The van der Waals surface area contributed by atoms with Crippen molar-refractivity contribution in [3.63, 3.8) is 0 Å². The van der Waals surface area contributed by atoms with Crippen LogP contribution in [0, 0.1) is 0 Å². The largest absolute Gasteiger partial charge is 0.461 e. The van der Waals surface area contributed by atoms with E-state index >= 15 is 0 Å². The SMILES string of the molecule is CC(C)c1cnc(OCCO)nc1. The van der Waals surface area contributed by atoms with Crippen LogP contribution in [0.4, 0.5) is 0 Å². The Morgan fingerprint density at radius 1 is 1.38 bits per heavy atom. The van der Waals surface area contributed by atoms with Gasteiger partial charge in [-0.3, -0.25) is 0 Å². The topological polar surface area (TPSA) is 55.2 Å². The Morgan fingerprint density at radius 2 is 2.00 bits per heavy atom. The molecule has 0 aliphatic rings. The first-order chi connectivity index (χ1) is 6.24. The molecule has 0 saturated carbocycles. The van der Waals surface area contributed by atoms with Crippen molar-refractivity contribution < 1.29 is 9.84 Å². The number of aromatic nitrogens is 2. The molecule has 1 aromatic heterocycles. The van der Waals surface area contributed by atoms with E-state index in [0.717, 1.165) is 5.56 Å². The number of ether oxygens (including phenoxy) is 1. The maximum atomic E-state index is 8.49. The van der Waals surface area contributed by atoms with Crippen molar-refractivity contribution in [2.24, 2.45) is 0 Å². The molecule has 0 aromatic carbocycles. The molecular formula is C9H14N2O2. The van der Waals surface area contributed by atoms with E-state index in [1.165, 1.54) is 0 Å². The molecule has 72 valence electrons. The maximum absolute atomic E-state index is 8.49. The lowest BCUT2D eigenvalue weighted by Gasteiger charge is -2.05. The summed E-state index contributed by atoms with van der Waals surface area (Å²) in [6.45, 7) is 4.37. The normalized spacial score (nSPS) is 10.5. The highest BCUT2D eigenvalue weighted by molar-refractivity contribution is 5.11. The minimum atomic E-state index is -0.0186. The molecule has 1 rings (SSSR count). The highest BCUT2D eigenvalue weighted by atomic mass is 16.5. The molecule has 13 heavy (non-hydrogen) atoms. The standard InChI is InChI=1S/C9H14N2O2/c1-7(2)8-5-10-9(11-6-8)13-4-3-12/h5-7,12H,3-4H2,1-2H3. The van der Waals surface area contributed by atoms with Crippen molar-refractivity contribution >= 4 is 0 Å². The van der Waals surface area contributed by atoms with Crippen LogP contribution in [0.5, 0.6) is 6.01 Å². The van der Waals surface area contributed by atoms with Gasteiger partial charge in [0.25, 0.3) is 0 Å². The molecular weight excluding hydrogens is 168 g/mol. The number of hydrogen-bond acceptors (Lipinski definition) is 4.